The van der Waals surface area contributed by atoms with E-state index in [1.165, 1.54) is 0 Å². The molecule has 0 unspecified atom stereocenters. The number of anilines is 1. The molecule has 0 saturated heterocycles. The smallest absolute Gasteiger partial charge is 0.320 e. The van der Waals surface area contributed by atoms with Gasteiger partial charge in [0.15, 0.2) is 5.82 Å². The molecule has 3 N–H and O–H groups in total. The number of urea groups is 1. The van der Waals surface area contributed by atoms with Crippen LogP contribution in [0.4, 0.5) is 10.6 Å². The van der Waals surface area contributed by atoms with Gasteiger partial charge in [-0.25, -0.2) is 4.79 Å². The quantitative estimate of drug-likeness (QED) is 0.773. The van der Waals surface area contributed by atoms with Gasteiger partial charge >= 0.3 is 6.03 Å². The SMILES string of the molecule is CC(C)n1cc(C#N)c(NC(=O)NCC2(O)CCC2)n1. The molecule has 1 aliphatic rings. The summed E-state index contributed by atoms with van der Waals surface area (Å²) in [4.78, 5) is 11.8. The molecule has 20 heavy (non-hydrogen) atoms. The molecule has 0 aliphatic heterocycles. The van der Waals surface area contributed by atoms with Crippen LogP contribution in [-0.4, -0.2) is 33.1 Å². The Kier molecular flexibility index (Phi) is 3.95. The number of nitrogens with zero attached hydrogens (tertiary/aromatic N) is 3. The van der Waals surface area contributed by atoms with E-state index in [0.717, 1.165) is 6.42 Å². The number of aromatic nitrogens is 2. The minimum Gasteiger partial charge on any atom is -0.388 e. The van der Waals surface area contributed by atoms with Crippen molar-refractivity contribution in [3.05, 3.63) is 11.8 Å². The van der Waals surface area contributed by atoms with Crippen LogP contribution in [0.1, 0.15) is 44.7 Å². The minimum atomic E-state index is -0.771. The zero-order valence-electron chi connectivity index (χ0n) is 11.7. The summed E-state index contributed by atoms with van der Waals surface area (Å²) in [6.45, 7) is 4.08. The lowest BCUT2D eigenvalue weighted by atomic mass is 9.80. The highest BCUT2D eigenvalue weighted by atomic mass is 16.3. The van der Waals surface area contributed by atoms with E-state index in [1.807, 2.05) is 19.9 Å². The summed E-state index contributed by atoms with van der Waals surface area (Å²) in [7, 11) is 0. The standard InChI is InChI=1S/C13H19N5O2/c1-9(2)18-7-10(6-14)11(17-18)16-12(19)15-8-13(20)4-3-5-13/h7,9,20H,3-5,8H2,1-2H3,(H2,15,16,17,19). The minimum absolute atomic E-state index is 0.108. The second-order valence-electron chi connectivity index (χ2n) is 5.46. The van der Waals surface area contributed by atoms with Crippen molar-refractivity contribution < 1.29 is 9.90 Å². The molecule has 0 radical (unpaired) electrons. The maximum absolute atomic E-state index is 11.8. The Morgan fingerprint density at radius 3 is 2.85 bits per heavy atom. The molecule has 0 aromatic carbocycles. The molecule has 1 saturated carbocycles. The summed E-state index contributed by atoms with van der Waals surface area (Å²) < 4.78 is 1.62. The first kappa shape index (κ1) is 14.3. The van der Waals surface area contributed by atoms with Gasteiger partial charge in [-0.1, -0.05) is 0 Å². The zero-order chi connectivity index (χ0) is 14.8. The predicted octanol–water partition coefficient (Wildman–Crippen LogP) is 1.37. The molecule has 2 amide bonds. The molecule has 1 fully saturated rings. The van der Waals surface area contributed by atoms with Crippen LogP contribution < -0.4 is 10.6 Å². The van der Waals surface area contributed by atoms with Gasteiger partial charge in [-0.3, -0.25) is 10.00 Å². The van der Waals surface area contributed by atoms with Crippen LogP contribution >= 0.6 is 0 Å². The number of nitriles is 1. The average Bonchev–Trinajstić information content (AvgIpc) is 2.77. The summed E-state index contributed by atoms with van der Waals surface area (Å²) in [5.74, 6) is 0.235. The van der Waals surface area contributed by atoms with Crippen molar-refractivity contribution in [3.8, 4) is 6.07 Å². The largest absolute Gasteiger partial charge is 0.388 e. The molecule has 2 rings (SSSR count). The van der Waals surface area contributed by atoms with Gasteiger partial charge in [0.05, 0.1) is 5.60 Å². The Morgan fingerprint density at radius 1 is 1.65 bits per heavy atom. The van der Waals surface area contributed by atoms with Crippen LogP contribution in [0, 0.1) is 11.3 Å². The molecule has 7 heteroatoms. The number of carbonyl (C=O) groups is 1. The van der Waals surface area contributed by atoms with Gasteiger partial charge < -0.3 is 10.4 Å². The topological polar surface area (TPSA) is 103 Å². The zero-order valence-corrected chi connectivity index (χ0v) is 11.7. The molecule has 0 bridgehead atoms. The monoisotopic (exact) mass is 277 g/mol. The lowest BCUT2D eigenvalue weighted by molar-refractivity contribution is -0.0287. The molecule has 1 heterocycles. The van der Waals surface area contributed by atoms with Crippen LogP contribution in [0.5, 0.6) is 0 Å². The first-order chi connectivity index (χ1) is 9.43. The Bertz CT molecular complexity index is 539. The Labute approximate surface area is 117 Å². The van der Waals surface area contributed by atoms with Gasteiger partial charge in [0, 0.05) is 18.8 Å². The van der Waals surface area contributed by atoms with Crippen molar-refractivity contribution in [2.24, 2.45) is 0 Å². The predicted molar refractivity (Wildman–Crippen MR) is 73.1 cm³/mol. The van der Waals surface area contributed by atoms with Crippen LogP contribution in [0.15, 0.2) is 6.20 Å². The van der Waals surface area contributed by atoms with E-state index in [4.69, 9.17) is 5.26 Å². The Morgan fingerprint density at radius 2 is 2.35 bits per heavy atom. The highest BCUT2D eigenvalue weighted by molar-refractivity contribution is 5.89. The third kappa shape index (κ3) is 3.08. The summed E-state index contributed by atoms with van der Waals surface area (Å²) >= 11 is 0. The number of amides is 2. The molecule has 1 aromatic heterocycles. The van der Waals surface area contributed by atoms with Crippen LogP contribution in [0.3, 0.4) is 0 Å². The second-order valence-corrected chi connectivity index (χ2v) is 5.46. The number of nitrogens with one attached hydrogen (secondary N) is 2. The number of rotatable bonds is 4. The maximum Gasteiger partial charge on any atom is 0.320 e. The van der Waals surface area contributed by atoms with Gasteiger partial charge in [-0.05, 0) is 33.1 Å². The van der Waals surface area contributed by atoms with Gasteiger partial charge in [0.2, 0.25) is 0 Å². The van der Waals surface area contributed by atoms with E-state index in [1.54, 1.807) is 10.9 Å². The fourth-order valence-electron chi connectivity index (χ4n) is 1.99. The van der Waals surface area contributed by atoms with Crippen molar-refractivity contribution in [2.45, 2.75) is 44.8 Å². The highest BCUT2D eigenvalue weighted by Gasteiger charge is 2.34. The molecule has 1 aliphatic carbocycles. The number of hydrogen-bond donors (Lipinski definition) is 3. The summed E-state index contributed by atoms with van der Waals surface area (Å²) in [6, 6.07) is 1.64. The van der Waals surface area contributed by atoms with Gasteiger partial charge in [0.1, 0.15) is 11.6 Å². The van der Waals surface area contributed by atoms with Gasteiger partial charge in [-0.2, -0.15) is 10.4 Å². The molecule has 0 atom stereocenters. The van der Waals surface area contributed by atoms with E-state index in [0.29, 0.717) is 18.4 Å². The average molecular weight is 277 g/mol. The Hall–Kier alpha value is -2.07. The van der Waals surface area contributed by atoms with Crippen LogP contribution in [-0.2, 0) is 0 Å². The highest BCUT2D eigenvalue weighted by Crippen LogP contribution is 2.30. The van der Waals surface area contributed by atoms with Crippen molar-refractivity contribution in [2.75, 3.05) is 11.9 Å². The van der Waals surface area contributed by atoms with Crippen molar-refractivity contribution in [3.63, 3.8) is 0 Å². The Balaban J connectivity index is 1.95. The molecular formula is C13H19N5O2. The van der Waals surface area contributed by atoms with Gasteiger partial charge in [0.25, 0.3) is 0 Å². The first-order valence-electron chi connectivity index (χ1n) is 6.70. The molecule has 7 nitrogen and oxygen atoms in total. The summed E-state index contributed by atoms with van der Waals surface area (Å²) in [5.41, 5.74) is -0.455. The van der Waals surface area contributed by atoms with E-state index in [9.17, 15) is 9.90 Å². The van der Waals surface area contributed by atoms with E-state index >= 15 is 0 Å². The van der Waals surface area contributed by atoms with Crippen molar-refractivity contribution >= 4 is 11.8 Å². The number of aliphatic hydroxyl groups is 1. The van der Waals surface area contributed by atoms with Crippen molar-refractivity contribution in [1.29, 1.82) is 5.26 Å². The van der Waals surface area contributed by atoms with E-state index < -0.39 is 11.6 Å². The maximum atomic E-state index is 11.8. The van der Waals surface area contributed by atoms with Crippen molar-refractivity contribution in [1.82, 2.24) is 15.1 Å². The lowest BCUT2D eigenvalue weighted by Gasteiger charge is -2.36. The summed E-state index contributed by atoms with van der Waals surface area (Å²) in [5, 5.41) is 28.2. The molecular weight excluding hydrogens is 258 g/mol. The molecule has 1 aromatic rings. The normalized spacial score (nSPS) is 16.4. The fourth-order valence-corrected chi connectivity index (χ4v) is 1.99. The third-order valence-electron chi connectivity index (χ3n) is 3.48. The van der Waals surface area contributed by atoms with Gasteiger partial charge in [-0.15, -0.1) is 0 Å². The fraction of sp³-hybridized carbons (Fsp3) is 0.615. The van der Waals surface area contributed by atoms with E-state index in [2.05, 4.69) is 15.7 Å². The van der Waals surface area contributed by atoms with Crippen LogP contribution in [0.2, 0.25) is 0 Å². The third-order valence-corrected chi connectivity index (χ3v) is 3.48. The number of hydrogen-bond acceptors (Lipinski definition) is 4. The van der Waals surface area contributed by atoms with E-state index in [-0.39, 0.29) is 18.4 Å². The molecule has 0 spiro atoms. The number of carbonyl (C=O) groups excluding carboxylic acids is 1. The first-order valence-corrected chi connectivity index (χ1v) is 6.70. The molecule has 108 valence electrons. The van der Waals surface area contributed by atoms with Crippen LogP contribution in [0.25, 0.3) is 0 Å². The summed E-state index contributed by atoms with van der Waals surface area (Å²) in [6.07, 6.45) is 3.99. The lowest BCUT2D eigenvalue weighted by Crippen LogP contribution is -2.48. The second kappa shape index (κ2) is 5.51.